The fourth-order valence-electron chi connectivity index (χ4n) is 3.79. The summed E-state index contributed by atoms with van der Waals surface area (Å²) < 4.78 is 22.9. The standard InChI is InChI=1S/C20H17NO5/c22-20-17-18(15-8-4-10-23-15)26-19(16-9-5-11-24-16)21(17)14(12-25-20)13-6-2-1-3-7-13/h1-11,14,17-19H,12H2/t14-,17?,18-,19+/m1/s1. The van der Waals surface area contributed by atoms with Crippen molar-refractivity contribution in [2.45, 2.75) is 24.4 Å². The number of benzene rings is 1. The van der Waals surface area contributed by atoms with Gasteiger partial charge in [0.05, 0.1) is 18.6 Å². The van der Waals surface area contributed by atoms with Crippen molar-refractivity contribution in [1.29, 1.82) is 0 Å². The molecule has 4 atom stereocenters. The molecule has 6 nitrogen and oxygen atoms in total. The van der Waals surface area contributed by atoms with Gasteiger partial charge < -0.3 is 18.3 Å². The van der Waals surface area contributed by atoms with Crippen molar-refractivity contribution >= 4 is 5.97 Å². The van der Waals surface area contributed by atoms with E-state index in [4.69, 9.17) is 18.3 Å². The van der Waals surface area contributed by atoms with Crippen LogP contribution in [0.2, 0.25) is 0 Å². The van der Waals surface area contributed by atoms with E-state index in [1.807, 2.05) is 53.4 Å². The van der Waals surface area contributed by atoms with Gasteiger partial charge in [-0.25, -0.2) is 4.90 Å². The summed E-state index contributed by atoms with van der Waals surface area (Å²) in [5.41, 5.74) is 1.06. The molecule has 4 heterocycles. The average Bonchev–Trinajstić information content (AvgIpc) is 3.42. The number of rotatable bonds is 3. The lowest BCUT2D eigenvalue weighted by Crippen LogP contribution is -2.49. The summed E-state index contributed by atoms with van der Waals surface area (Å²) in [6.45, 7) is 0.269. The summed E-state index contributed by atoms with van der Waals surface area (Å²) in [6, 6.07) is 16.5. The zero-order valence-electron chi connectivity index (χ0n) is 13.9. The predicted octanol–water partition coefficient (Wildman–Crippen LogP) is 3.61. The second kappa shape index (κ2) is 6.16. The summed E-state index contributed by atoms with van der Waals surface area (Å²) in [5, 5.41) is 0. The van der Waals surface area contributed by atoms with Gasteiger partial charge in [-0.2, -0.15) is 0 Å². The minimum absolute atomic E-state index is 0.131. The average molecular weight is 351 g/mol. The van der Waals surface area contributed by atoms with E-state index in [9.17, 15) is 4.79 Å². The van der Waals surface area contributed by atoms with E-state index in [0.29, 0.717) is 11.5 Å². The number of carbonyl (C=O) groups is 1. The third-order valence-corrected chi connectivity index (χ3v) is 4.93. The van der Waals surface area contributed by atoms with Crippen LogP contribution in [-0.4, -0.2) is 23.5 Å². The molecule has 6 heteroatoms. The van der Waals surface area contributed by atoms with E-state index in [1.54, 1.807) is 18.6 Å². The lowest BCUT2D eigenvalue weighted by atomic mass is 9.99. The van der Waals surface area contributed by atoms with Crippen LogP contribution in [0.25, 0.3) is 0 Å². The molecule has 1 aromatic carbocycles. The van der Waals surface area contributed by atoms with Gasteiger partial charge in [0, 0.05) is 0 Å². The van der Waals surface area contributed by atoms with E-state index in [1.165, 1.54) is 0 Å². The smallest absolute Gasteiger partial charge is 0.326 e. The van der Waals surface area contributed by atoms with Crippen LogP contribution in [0.4, 0.5) is 0 Å². The molecule has 2 aliphatic rings. The molecule has 0 aliphatic carbocycles. The SMILES string of the molecule is O=C1OC[C@H](c2ccccc2)N2C1[C@@H](c1ccco1)O[C@H]2c1ccco1. The Morgan fingerprint density at radius 1 is 0.885 bits per heavy atom. The van der Waals surface area contributed by atoms with Crippen LogP contribution >= 0.6 is 0 Å². The third-order valence-electron chi connectivity index (χ3n) is 4.93. The van der Waals surface area contributed by atoms with Crippen molar-refractivity contribution in [2.24, 2.45) is 0 Å². The highest BCUT2D eigenvalue weighted by Crippen LogP contribution is 2.49. The van der Waals surface area contributed by atoms with Gasteiger partial charge in [0.15, 0.2) is 6.23 Å². The molecule has 26 heavy (non-hydrogen) atoms. The summed E-state index contributed by atoms with van der Waals surface area (Å²) in [5.74, 6) is 0.937. The van der Waals surface area contributed by atoms with E-state index < -0.39 is 18.4 Å². The molecule has 5 rings (SSSR count). The van der Waals surface area contributed by atoms with Crippen molar-refractivity contribution in [2.75, 3.05) is 6.61 Å². The molecular weight excluding hydrogens is 334 g/mol. The molecule has 0 saturated carbocycles. The van der Waals surface area contributed by atoms with Crippen molar-refractivity contribution in [3.63, 3.8) is 0 Å². The summed E-state index contributed by atoms with van der Waals surface area (Å²) in [6.07, 6.45) is 2.13. The summed E-state index contributed by atoms with van der Waals surface area (Å²) in [4.78, 5) is 14.7. The van der Waals surface area contributed by atoms with E-state index in [2.05, 4.69) is 0 Å². The molecule has 2 aromatic heterocycles. The number of morpholine rings is 1. The molecular formula is C20H17NO5. The Bertz CT molecular complexity index is 874. The number of nitrogens with zero attached hydrogens (tertiary/aromatic N) is 1. The first-order chi connectivity index (χ1) is 12.8. The number of furan rings is 2. The van der Waals surface area contributed by atoms with Gasteiger partial charge in [-0.1, -0.05) is 30.3 Å². The van der Waals surface area contributed by atoms with Gasteiger partial charge in [0.1, 0.15) is 30.3 Å². The van der Waals surface area contributed by atoms with Crippen LogP contribution < -0.4 is 0 Å². The minimum atomic E-state index is -0.602. The molecule has 2 aliphatic heterocycles. The van der Waals surface area contributed by atoms with Crippen molar-refractivity contribution in [1.82, 2.24) is 4.90 Å². The molecule has 0 bridgehead atoms. The molecule has 0 spiro atoms. The van der Waals surface area contributed by atoms with Crippen LogP contribution in [0.1, 0.15) is 35.5 Å². The van der Waals surface area contributed by atoms with Crippen LogP contribution in [0.15, 0.2) is 76.0 Å². The Labute approximate surface area is 149 Å². The van der Waals surface area contributed by atoms with Crippen molar-refractivity contribution < 1.29 is 23.1 Å². The highest BCUT2D eigenvalue weighted by Gasteiger charge is 2.55. The highest BCUT2D eigenvalue weighted by atomic mass is 16.6. The molecule has 0 N–H and O–H groups in total. The number of hydrogen-bond acceptors (Lipinski definition) is 6. The topological polar surface area (TPSA) is 65.0 Å². The van der Waals surface area contributed by atoms with Crippen molar-refractivity contribution in [3.05, 3.63) is 84.2 Å². The first-order valence-electron chi connectivity index (χ1n) is 8.54. The van der Waals surface area contributed by atoms with Crippen LogP contribution in [0, 0.1) is 0 Å². The van der Waals surface area contributed by atoms with Crippen LogP contribution in [0.3, 0.4) is 0 Å². The first-order valence-corrected chi connectivity index (χ1v) is 8.54. The monoisotopic (exact) mass is 351 g/mol. The predicted molar refractivity (Wildman–Crippen MR) is 89.8 cm³/mol. The van der Waals surface area contributed by atoms with Crippen LogP contribution in [0.5, 0.6) is 0 Å². The molecule has 0 radical (unpaired) electrons. The molecule has 1 unspecified atom stereocenters. The number of cyclic esters (lactones) is 1. The Morgan fingerprint density at radius 3 is 2.31 bits per heavy atom. The second-order valence-electron chi connectivity index (χ2n) is 6.39. The van der Waals surface area contributed by atoms with Gasteiger partial charge >= 0.3 is 5.97 Å². The second-order valence-corrected chi connectivity index (χ2v) is 6.39. The number of hydrogen-bond donors (Lipinski definition) is 0. The minimum Gasteiger partial charge on any atom is -0.467 e. The molecule has 0 amide bonds. The lowest BCUT2D eigenvalue weighted by molar-refractivity contribution is -0.163. The fraction of sp³-hybridized carbons (Fsp3) is 0.250. The molecule has 132 valence electrons. The maximum absolute atomic E-state index is 12.7. The largest absolute Gasteiger partial charge is 0.467 e. The zero-order chi connectivity index (χ0) is 17.5. The number of carbonyl (C=O) groups excluding carboxylic acids is 1. The fourth-order valence-corrected chi connectivity index (χ4v) is 3.79. The Morgan fingerprint density at radius 2 is 1.62 bits per heavy atom. The zero-order valence-corrected chi connectivity index (χ0v) is 13.9. The Balaban J connectivity index is 1.61. The number of esters is 1. The quantitative estimate of drug-likeness (QED) is 0.672. The van der Waals surface area contributed by atoms with Gasteiger partial charge in [0.2, 0.25) is 0 Å². The maximum atomic E-state index is 12.7. The summed E-state index contributed by atoms with van der Waals surface area (Å²) in [7, 11) is 0. The van der Waals surface area contributed by atoms with E-state index in [-0.39, 0.29) is 18.6 Å². The Kier molecular flexibility index (Phi) is 3.65. The highest BCUT2D eigenvalue weighted by molar-refractivity contribution is 5.78. The first kappa shape index (κ1) is 15.4. The maximum Gasteiger partial charge on any atom is 0.326 e. The molecule has 2 fully saturated rings. The van der Waals surface area contributed by atoms with Gasteiger partial charge in [-0.05, 0) is 29.8 Å². The van der Waals surface area contributed by atoms with E-state index >= 15 is 0 Å². The normalized spacial score (nSPS) is 28.7. The van der Waals surface area contributed by atoms with Crippen molar-refractivity contribution in [3.8, 4) is 0 Å². The van der Waals surface area contributed by atoms with Gasteiger partial charge in [-0.15, -0.1) is 0 Å². The number of ether oxygens (including phenoxy) is 2. The van der Waals surface area contributed by atoms with E-state index in [0.717, 1.165) is 5.56 Å². The Hall–Kier alpha value is -2.83. The molecule has 3 aromatic rings. The van der Waals surface area contributed by atoms with Gasteiger partial charge in [-0.3, -0.25) is 4.79 Å². The lowest BCUT2D eigenvalue weighted by Gasteiger charge is -2.38. The number of fused-ring (bicyclic) bond motifs is 1. The van der Waals surface area contributed by atoms with Gasteiger partial charge in [0.25, 0.3) is 0 Å². The molecule has 2 saturated heterocycles. The van der Waals surface area contributed by atoms with Crippen LogP contribution in [-0.2, 0) is 14.3 Å². The summed E-state index contributed by atoms with van der Waals surface area (Å²) >= 11 is 0. The third kappa shape index (κ3) is 2.38.